The number of halogens is 3. The van der Waals surface area contributed by atoms with Gasteiger partial charge in [-0.25, -0.2) is 0 Å². The molecule has 1 unspecified atom stereocenters. The third-order valence-electron chi connectivity index (χ3n) is 2.17. The molecule has 1 rings (SSSR count). The van der Waals surface area contributed by atoms with Crippen molar-refractivity contribution in [1.29, 1.82) is 0 Å². The van der Waals surface area contributed by atoms with E-state index >= 15 is 0 Å². The number of likely N-dealkylation sites (N-methyl/N-ethyl adjacent to an activating group) is 1. The summed E-state index contributed by atoms with van der Waals surface area (Å²) in [6, 6.07) is 7.04. The molecule has 0 bridgehead atoms. The van der Waals surface area contributed by atoms with Gasteiger partial charge in [-0.05, 0) is 12.6 Å². The van der Waals surface area contributed by atoms with Crippen molar-refractivity contribution in [3.05, 3.63) is 35.4 Å². The maximum absolute atomic E-state index is 9.07. The summed E-state index contributed by atoms with van der Waals surface area (Å²) in [5, 5.41) is 12.0. The highest BCUT2D eigenvalue weighted by molar-refractivity contribution is 6.66. The van der Waals surface area contributed by atoms with Gasteiger partial charge in [0, 0.05) is 5.56 Å². The van der Waals surface area contributed by atoms with E-state index in [4.69, 9.17) is 39.9 Å². The molecule has 0 amide bonds. The molecule has 2 N–H and O–H groups in total. The Morgan fingerprint density at radius 1 is 1.27 bits per heavy atom. The second-order valence-electron chi connectivity index (χ2n) is 3.14. The molecule has 0 radical (unpaired) electrons. The second-order valence-corrected chi connectivity index (χ2v) is 5.42. The summed E-state index contributed by atoms with van der Waals surface area (Å²) in [7, 11) is 1.78. The molecule has 1 aromatic carbocycles. The Labute approximate surface area is 104 Å². The molecular formula is C10H12Cl3NO. The standard InChI is InChI=1S/C10H12Cl3NO/c1-14-9(6-15)7-2-4-8(5-3-7)10(11,12)13/h2-5,9,14-15H,6H2,1H3. The third kappa shape index (κ3) is 3.51. The van der Waals surface area contributed by atoms with Crippen LogP contribution in [-0.2, 0) is 3.79 Å². The fraction of sp³-hybridized carbons (Fsp3) is 0.400. The maximum Gasteiger partial charge on any atom is 0.216 e. The van der Waals surface area contributed by atoms with E-state index in [-0.39, 0.29) is 12.6 Å². The number of aliphatic hydroxyl groups excluding tert-OH is 1. The fourth-order valence-electron chi connectivity index (χ4n) is 1.27. The summed E-state index contributed by atoms with van der Waals surface area (Å²) in [6.07, 6.45) is 0. The first-order valence-electron chi connectivity index (χ1n) is 4.44. The molecule has 0 heterocycles. The van der Waals surface area contributed by atoms with Crippen molar-refractivity contribution in [2.75, 3.05) is 13.7 Å². The highest BCUT2D eigenvalue weighted by atomic mass is 35.6. The zero-order chi connectivity index (χ0) is 11.5. The lowest BCUT2D eigenvalue weighted by Crippen LogP contribution is -2.19. The minimum atomic E-state index is -1.40. The summed E-state index contributed by atoms with van der Waals surface area (Å²) in [6.45, 7) is 0.0314. The average Bonchev–Trinajstić information content (AvgIpc) is 2.19. The zero-order valence-electron chi connectivity index (χ0n) is 8.17. The van der Waals surface area contributed by atoms with E-state index < -0.39 is 3.79 Å². The molecular weight excluding hydrogens is 256 g/mol. The quantitative estimate of drug-likeness (QED) is 0.826. The number of alkyl halides is 3. The summed E-state index contributed by atoms with van der Waals surface area (Å²) in [5.41, 5.74) is 1.57. The number of hydrogen-bond acceptors (Lipinski definition) is 2. The van der Waals surface area contributed by atoms with Gasteiger partial charge in [-0.2, -0.15) is 0 Å². The minimum Gasteiger partial charge on any atom is -0.394 e. The molecule has 1 aromatic rings. The Kier molecular flexibility index (Phi) is 4.68. The molecule has 0 fully saturated rings. The first kappa shape index (κ1) is 13.1. The van der Waals surface area contributed by atoms with Crippen molar-refractivity contribution in [2.45, 2.75) is 9.83 Å². The van der Waals surface area contributed by atoms with Gasteiger partial charge in [-0.15, -0.1) is 0 Å². The van der Waals surface area contributed by atoms with E-state index in [2.05, 4.69) is 5.32 Å². The van der Waals surface area contributed by atoms with Crippen molar-refractivity contribution >= 4 is 34.8 Å². The molecule has 0 saturated carbocycles. The van der Waals surface area contributed by atoms with Crippen LogP contribution in [0.1, 0.15) is 17.2 Å². The van der Waals surface area contributed by atoms with Crippen molar-refractivity contribution in [2.24, 2.45) is 0 Å². The van der Waals surface area contributed by atoms with Gasteiger partial charge in [0.05, 0.1) is 12.6 Å². The van der Waals surface area contributed by atoms with Crippen molar-refractivity contribution in [1.82, 2.24) is 5.32 Å². The van der Waals surface area contributed by atoms with Gasteiger partial charge < -0.3 is 10.4 Å². The number of benzene rings is 1. The molecule has 0 aliphatic carbocycles. The van der Waals surface area contributed by atoms with Crippen LogP contribution in [0.2, 0.25) is 0 Å². The summed E-state index contributed by atoms with van der Waals surface area (Å²) < 4.78 is -1.40. The number of nitrogens with one attached hydrogen (secondary N) is 1. The van der Waals surface area contributed by atoms with Gasteiger partial charge in [0.1, 0.15) is 0 Å². The highest BCUT2D eigenvalue weighted by Crippen LogP contribution is 2.38. The Hall–Kier alpha value is 0.01000. The Balaban J connectivity index is 2.89. The fourth-order valence-corrected chi connectivity index (χ4v) is 1.65. The van der Waals surface area contributed by atoms with E-state index in [0.717, 1.165) is 5.56 Å². The van der Waals surface area contributed by atoms with Gasteiger partial charge >= 0.3 is 0 Å². The van der Waals surface area contributed by atoms with Crippen LogP contribution in [0.3, 0.4) is 0 Å². The number of hydrogen-bond donors (Lipinski definition) is 2. The average molecular weight is 269 g/mol. The molecule has 0 saturated heterocycles. The van der Waals surface area contributed by atoms with Crippen LogP contribution >= 0.6 is 34.8 Å². The molecule has 5 heteroatoms. The summed E-state index contributed by atoms with van der Waals surface area (Å²) >= 11 is 17.2. The van der Waals surface area contributed by atoms with Gasteiger partial charge in [-0.1, -0.05) is 59.1 Å². The van der Waals surface area contributed by atoms with Gasteiger partial charge in [0.25, 0.3) is 0 Å². The molecule has 0 aliphatic rings. The first-order chi connectivity index (χ1) is 6.99. The molecule has 2 nitrogen and oxygen atoms in total. The molecule has 84 valence electrons. The lowest BCUT2D eigenvalue weighted by atomic mass is 10.1. The molecule has 15 heavy (non-hydrogen) atoms. The van der Waals surface area contributed by atoms with Crippen molar-refractivity contribution in [3.8, 4) is 0 Å². The van der Waals surface area contributed by atoms with E-state index in [1.807, 2.05) is 12.1 Å². The van der Waals surface area contributed by atoms with Gasteiger partial charge in [0.2, 0.25) is 3.79 Å². The summed E-state index contributed by atoms with van der Waals surface area (Å²) in [5.74, 6) is 0. The lowest BCUT2D eigenvalue weighted by Gasteiger charge is -2.16. The zero-order valence-corrected chi connectivity index (χ0v) is 10.4. The second kappa shape index (κ2) is 5.37. The van der Waals surface area contributed by atoms with Crippen LogP contribution in [0.15, 0.2) is 24.3 Å². The smallest absolute Gasteiger partial charge is 0.216 e. The maximum atomic E-state index is 9.07. The summed E-state index contributed by atoms with van der Waals surface area (Å²) in [4.78, 5) is 0. The monoisotopic (exact) mass is 267 g/mol. The lowest BCUT2D eigenvalue weighted by molar-refractivity contribution is 0.251. The Morgan fingerprint density at radius 3 is 2.13 bits per heavy atom. The topological polar surface area (TPSA) is 32.3 Å². The van der Waals surface area contributed by atoms with Crippen molar-refractivity contribution in [3.63, 3.8) is 0 Å². The number of rotatable bonds is 3. The van der Waals surface area contributed by atoms with E-state index in [1.165, 1.54) is 0 Å². The predicted octanol–water partition coefficient (Wildman–Crippen LogP) is 2.77. The van der Waals surface area contributed by atoms with E-state index in [0.29, 0.717) is 5.56 Å². The third-order valence-corrected chi connectivity index (χ3v) is 2.83. The first-order valence-corrected chi connectivity index (χ1v) is 5.57. The Bertz CT molecular complexity index is 303. The highest BCUT2D eigenvalue weighted by Gasteiger charge is 2.22. The van der Waals surface area contributed by atoms with Crippen LogP contribution < -0.4 is 5.32 Å². The van der Waals surface area contributed by atoms with Gasteiger partial charge in [0.15, 0.2) is 0 Å². The van der Waals surface area contributed by atoms with E-state index in [1.54, 1.807) is 19.2 Å². The predicted molar refractivity (Wildman–Crippen MR) is 64.6 cm³/mol. The SMILES string of the molecule is CNC(CO)c1ccc(C(Cl)(Cl)Cl)cc1. The normalized spacial score (nSPS) is 13.9. The molecule has 1 atom stereocenters. The molecule has 0 aliphatic heterocycles. The van der Waals surface area contributed by atoms with Gasteiger partial charge in [-0.3, -0.25) is 0 Å². The van der Waals surface area contributed by atoms with Crippen molar-refractivity contribution < 1.29 is 5.11 Å². The minimum absolute atomic E-state index is 0.0314. The van der Waals surface area contributed by atoms with Crippen LogP contribution in [-0.4, -0.2) is 18.8 Å². The number of aliphatic hydroxyl groups is 1. The van der Waals surface area contributed by atoms with Crippen LogP contribution in [0.25, 0.3) is 0 Å². The van der Waals surface area contributed by atoms with Crippen LogP contribution in [0.4, 0.5) is 0 Å². The van der Waals surface area contributed by atoms with Crippen LogP contribution in [0.5, 0.6) is 0 Å². The van der Waals surface area contributed by atoms with Crippen LogP contribution in [0, 0.1) is 0 Å². The largest absolute Gasteiger partial charge is 0.394 e. The Morgan fingerprint density at radius 2 is 1.80 bits per heavy atom. The molecule has 0 spiro atoms. The molecule has 0 aromatic heterocycles. The van der Waals surface area contributed by atoms with E-state index in [9.17, 15) is 0 Å².